The molecular weight excluding hydrogens is 432 g/mol. The van der Waals surface area contributed by atoms with Crippen LogP contribution < -0.4 is 4.90 Å². The first-order valence-corrected chi connectivity index (χ1v) is 10.1. The summed E-state index contributed by atoms with van der Waals surface area (Å²) in [5, 5.41) is 11.4. The zero-order valence-corrected chi connectivity index (χ0v) is 17.2. The summed E-state index contributed by atoms with van der Waals surface area (Å²) in [6.45, 7) is 0.418. The Morgan fingerprint density at radius 1 is 1.10 bits per heavy atom. The Labute approximate surface area is 177 Å². The van der Waals surface area contributed by atoms with Gasteiger partial charge < -0.3 is 10.0 Å². The number of nitrogens with zero attached hydrogens (tertiary/aromatic N) is 2. The number of benzene rings is 2. The van der Waals surface area contributed by atoms with Gasteiger partial charge in [-0.1, -0.05) is 46.3 Å². The molecule has 5 nitrogen and oxygen atoms in total. The second kappa shape index (κ2) is 7.89. The lowest BCUT2D eigenvalue weighted by atomic mass is 9.88. The van der Waals surface area contributed by atoms with Crippen LogP contribution in [0.5, 0.6) is 0 Å². The van der Waals surface area contributed by atoms with Gasteiger partial charge in [-0.3, -0.25) is 14.6 Å². The normalized spacial score (nSPS) is 18.0. The minimum atomic E-state index is -1.90. The second-order valence-electron chi connectivity index (χ2n) is 7.06. The Hall–Kier alpha value is -2.83. The summed E-state index contributed by atoms with van der Waals surface area (Å²) >= 11 is 3.41. The minimum Gasteiger partial charge on any atom is -0.375 e. The van der Waals surface area contributed by atoms with E-state index in [2.05, 4.69) is 20.9 Å². The van der Waals surface area contributed by atoms with Crippen molar-refractivity contribution in [1.82, 2.24) is 4.98 Å². The van der Waals surface area contributed by atoms with Crippen molar-refractivity contribution < 1.29 is 14.7 Å². The summed E-state index contributed by atoms with van der Waals surface area (Å²) < 4.78 is 0.737. The quantitative estimate of drug-likeness (QED) is 0.578. The number of rotatable bonds is 6. The molecule has 1 atom stereocenters. The predicted octanol–water partition coefficient (Wildman–Crippen LogP) is 3.89. The molecule has 146 valence electrons. The molecule has 2 heterocycles. The number of aromatic nitrogens is 1. The summed E-state index contributed by atoms with van der Waals surface area (Å²) in [4.78, 5) is 31.6. The molecule has 0 saturated heterocycles. The van der Waals surface area contributed by atoms with E-state index in [0.29, 0.717) is 29.8 Å². The number of hydrogen-bond donors (Lipinski definition) is 1. The van der Waals surface area contributed by atoms with Gasteiger partial charge in [0.15, 0.2) is 11.4 Å². The first kappa shape index (κ1) is 19.5. The van der Waals surface area contributed by atoms with Crippen molar-refractivity contribution in [3.8, 4) is 0 Å². The molecule has 29 heavy (non-hydrogen) atoms. The van der Waals surface area contributed by atoms with Crippen molar-refractivity contribution in [2.45, 2.75) is 18.4 Å². The fraction of sp³-hybridized carbons (Fsp3) is 0.174. The fourth-order valence-electron chi connectivity index (χ4n) is 3.66. The molecule has 1 aliphatic heterocycles. The second-order valence-corrected chi connectivity index (χ2v) is 7.97. The molecule has 2 aromatic carbocycles. The average Bonchev–Trinajstić information content (AvgIpc) is 2.94. The molecule has 0 saturated carbocycles. The lowest BCUT2D eigenvalue weighted by Crippen LogP contribution is -2.42. The van der Waals surface area contributed by atoms with E-state index in [1.807, 2.05) is 36.4 Å². The molecule has 0 radical (unpaired) electrons. The van der Waals surface area contributed by atoms with Crippen LogP contribution >= 0.6 is 15.9 Å². The van der Waals surface area contributed by atoms with Crippen LogP contribution in [-0.2, 0) is 16.8 Å². The average molecular weight is 451 g/mol. The monoisotopic (exact) mass is 450 g/mol. The lowest BCUT2D eigenvalue weighted by molar-refractivity contribution is -0.135. The van der Waals surface area contributed by atoms with Gasteiger partial charge in [0.25, 0.3) is 5.91 Å². The molecule has 0 fully saturated rings. The van der Waals surface area contributed by atoms with Crippen molar-refractivity contribution in [3.63, 3.8) is 0 Å². The van der Waals surface area contributed by atoms with E-state index < -0.39 is 11.5 Å². The first-order chi connectivity index (χ1) is 14.0. The topological polar surface area (TPSA) is 70.5 Å². The number of hydrogen-bond acceptors (Lipinski definition) is 4. The van der Waals surface area contributed by atoms with Crippen LogP contribution in [0, 0.1) is 0 Å². The SMILES string of the molecule is O=C(C[C@@]1(O)C(=O)N(CCc2ccccc2)c2ccc(Br)cc21)c1cccnc1. The highest BCUT2D eigenvalue weighted by Gasteiger charge is 2.50. The molecule has 0 aliphatic carbocycles. The molecule has 1 N–H and O–H groups in total. The molecule has 6 heteroatoms. The standard InChI is InChI=1S/C23H19BrN2O3/c24-18-8-9-20-19(13-18)23(29,14-21(27)17-7-4-11-25-15-17)22(28)26(20)12-10-16-5-2-1-3-6-16/h1-9,11,13,15,29H,10,12,14H2/t23-/m0/s1. The third kappa shape index (κ3) is 3.73. The van der Waals surface area contributed by atoms with Crippen molar-refractivity contribution in [2.24, 2.45) is 0 Å². The summed E-state index contributed by atoms with van der Waals surface area (Å²) in [6.07, 6.45) is 3.33. The van der Waals surface area contributed by atoms with Crippen LogP contribution in [0.1, 0.15) is 27.9 Å². The van der Waals surface area contributed by atoms with Gasteiger partial charge in [0.1, 0.15) is 0 Å². The van der Waals surface area contributed by atoms with Gasteiger partial charge in [-0.05, 0) is 42.3 Å². The zero-order chi connectivity index (χ0) is 20.4. The number of ketones is 1. The molecule has 4 rings (SSSR count). The van der Waals surface area contributed by atoms with Gasteiger partial charge in [0, 0.05) is 34.5 Å². The maximum atomic E-state index is 13.3. The highest BCUT2D eigenvalue weighted by molar-refractivity contribution is 9.10. The van der Waals surface area contributed by atoms with Crippen LogP contribution in [0.4, 0.5) is 5.69 Å². The predicted molar refractivity (Wildman–Crippen MR) is 114 cm³/mol. The minimum absolute atomic E-state index is 0.329. The number of anilines is 1. The summed E-state index contributed by atoms with van der Waals surface area (Å²) in [5.41, 5.74) is 0.648. The maximum Gasteiger partial charge on any atom is 0.264 e. The Bertz CT molecular complexity index is 1060. The number of carbonyl (C=O) groups excluding carboxylic acids is 2. The van der Waals surface area contributed by atoms with E-state index in [4.69, 9.17) is 0 Å². The van der Waals surface area contributed by atoms with Crippen LogP contribution in [0.2, 0.25) is 0 Å². The van der Waals surface area contributed by atoms with Crippen LogP contribution in [0.15, 0.2) is 77.5 Å². The Balaban J connectivity index is 1.65. The number of Topliss-reactive ketones (excluding diaryl/α,β-unsaturated/α-hetero) is 1. The largest absolute Gasteiger partial charge is 0.375 e. The van der Waals surface area contributed by atoms with E-state index in [0.717, 1.165) is 10.0 Å². The molecule has 1 aliphatic rings. The number of halogens is 1. The van der Waals surface area contributed by atoms with Crippen molar-refractivity contribution >= 4 is 33.3 Å². The number of pyridine rings is 1. The van der Waals surface area contributed by atoms with Gasteiger partial charge in [-0.2, -0.15) is 0 Å². The molecule has 3 aromatic rings. The summed E-state index contributed by atoms with van der Waals surface area (Å²) in [7, 11) is 0. The first-order valence-electron chi connectivity index (χ1n) is 9.30. The molecular formula is C23H19BrN2O3. The number of fused-ring (bicyclic) bond motifs is 1. The van der Waals surface area contributed by atoms with Crippen LogP contribution in [0.3, 0.4) is 0 Å². The Morgan fingerprint density at radius 2 is 1.90 bits per heavy atom. The van der Waals surface area contributed by atoms with Gasteiger partial charge in [-0.25, -0.2) is 0 Å². The molecule has 0 unspecified atom stereocenters. The Morgan fingerprint density at radius 3 is 2.62 bits per heavy atom. The van der Waals surface area contributed by atoms with E-state index >= 15 is 0 Å². The Kier molecular flexibility index (Phi) is 5.30. The molecule has 0 spiro atoms. The van der Waals surface area contributed by atoms with Crippen LogP contribution in [-0.4, -0.2) is 28.3 Å². The van der Waals surface area contributed by atoms with E-state index in [9.17, 15) is 14.7 Å². The van der Waals surface area contributed by atoms with Gasteiger partial charge in [-0.15, -0.1) is 0 Å². The zero-order valence-electron chi connectivity index (χ0n) is 15.6. The van der Waals surface area contributed by atoms with Crippen LogP contribution in [0.25, 0.3) is 0 Å². The molecule has 1 aromatic heterocycles. The number of aliphatic hydroxyl groups is 1. The number of carbonyl (C=O) groups is 2. The molecule has 1 amide bonds. The van der Waals surface area contributed by atoms with Gasteiger partial charge in [0.2, 0.25) is 0 Å². The third-order valence-electron chi connectivity index (χ3n) is 5.16. The smallest absolute Gasteiger partial charge is 0.264 e. The maximum absolute atomic E-state index is 13.3. The molecule has 0 bridgehead atoms. The van der Waals surface area contributed by atoms with E-state index in [1.54, 1.807) is 35.4 Å². The van der Waals surface area contributed by atoms with E-state index in [1.165, 1.54) is 6.20 Å². The lowest BCUT2D eigenvalue weighted by Gasteiger charge is -2.23. The summed E-state index contributed by atoms with van der Waals surface area (Å²) in [6, 6.07) is 18.5. The third-order valence-corrected chi connectivity index (χ3v) is 5.65. The fourth-order valence-corrected chi connectivity index (χ4v) is 4.02. The van der Waals surface area contributed by atoms with Crippen molar-refractivity contribution in [2.75, 3.05) is 11.4 Å². The van der Waals surface area contributed by atoms with Crippen molar-refractivity contribution in [3.05, 3.63) is 94.2 Å². The summed E-state index contributed by atoms with van der Waals surface area (Å²) in [5.74, 6) is -0.802. The van der Waals surface area contributed by atoms with E-state index in [-0.39, 0.29) is 12.2 Å². The van der Waals surface area contributed by atoms with Gasteiger partial charge in [0.05, 0.1) is 12.1 Å². The van der Waals surface area contributed by atoms with Gasteiger partial charge >= 0.3 is 0 Å². The van der Waals surface area contributed by atoms with Crippen molar-refractivity contribution in [1.29, 1.82) is 0 Å². The highest BCUT2D eigenvalue weighted by Crippen LogP contribution is 2.44. The number of amides is 1. The highest BCUT2D eigenvalue weighted by atomic mass is 79.9.